The zero-order valence-electron chi connectivity index (χ0n) is 13.2. The third-order valence-corrected chi connectivity index (χ3v) is 4.48. The van der Waals surface area contributed by atoms with Gasteiger partial charge in [0, 0.05) is 0 Å². The van der Waals surface area contributed by atoms with Crippen LogP contribution in [0.5, 0.6) is 5.75 Å². The largest absolute Gasteiger partial charge is 0.469 e. The van der Waals surface area contributed by atoms with Crippen LogP contribution in [0.25, 0.3) is 0 Å². The molecule has 0 aliphatic heterocycles. The van der Waals surface area contributed by atoms with Crippen molar-refractivity contribution in [1.29, 1.82) is 0 Å². The van der Waals surface area contributed by atoms with Gasteiger partial charge in [0.05, 0.1) is 19.1 Å². The van der Waals surface area contributed by atoms with Gasteiger partial charge in [-0.05, 0) is 35.9 Å². The van der Waals surface area contributed by atoms with Gasteiger partial charge in [-0.1, -0.05) is 12.1 Å². The molecule has 0 fully saturated rings. The lowest BCUT2D eigenvalue weighted by atomic mass is 10.1. The smallest absolute Gasteiger partial charge is 0.419 e. The molecule has 2 aromatic rings. The number of carbonyl (C=O) groups is 1. The molecular formula is C16H12F4O5S. The van der Waals surface area contributed by atoms with E-state index in [-0.39, 0.29) is 18.2 Å². The maximum absolute atomic E-state index is 13.3. The molecule has 0 amide bonds. The highest BCUT2D eigenvalue weighted by Crippen LogP contribution is 2.33. The van der Waals surface area contributed by atoms with Gasteiger partial charge in [0.1, 0.15) is 16.5 Å². The molecule has 0 N–H and O–H groups in total. The molecule has 0 aromatic heterocycles. The molecule has 2 aromatic carbocycles. The molecule has 140 valence electrons. The molecule has 0 atom stereocenters. The van der Waals surface area contributed by atoms with Crippen molar-refractivity contribution in [2.24, 2.45) is 0 Å². The van der Waals surface area contributed by atoms with Crippen LogP contribution >= 0.6 is 0 Å². The van der Waals surface area contributed by atoms with E-state index in [4.69, 9.17) is 4.18 Å². The summed E-state index contributed by atoms with van der Waals surface area (Å²) in [5.41, 5.74) is -1.20. The van der Waals surface area contributed by atoms with Crippen LogP contribution in [-0.4, -0.2) is 21.5 Å². The second kappa shape index (κ2) is 7.32. The highest BCUT2D eigenvalue weighted by atomic mass is 32.2. The molecule has 0 aliphatic carbocycles. The Bertz CT molecular complexity index is 905. The Kier molecular flexibility index (Phi) is 5.55. The third kappa shape index (κ3) is 4.72. The third-order valence-electron chi connectivity index (χ3n) is 3.24. The van der Waals surface area contributed by atoms with Crippen molar-refractivity contribution in [3.05, 3.63) is 59.4 Å². The van der Waals surface area contributed by atoms with Crippen molar-refractivity contribution < 1.29 is 39.7 Å². The van der Waals surface area contributed by atoms with E-state index in [0.717, 1.165) is 0 Å². The molecule has 26 heavy (non-hydrogen) atoms. The molecule has 2 rings (SSSR count). The summed E-state index contributed by atoms with van der Waals surface area (Å²) in [6, 6.07) is 6.48. The molecule has 0 aliphatic rings. The summed E-state index contributed by atoms with van der Waals surface area (Å²) in [7, 11) is -3.40. The summed E-state index contributed by atoms with van der Waals surface area (Å²) in [6.07, 6.45) is -5.10. The fraction of sp³-hybridized carbons (Fsp3) is 0.188. The van der Waals surface area contributed by atoms with E-state index < -0.39 is 38.5 Å². The Morgan fingerprint density at radius 3 is 2.23 bits per heavy atom. The first-order chi connectivity index (χ1) is 12.0. The molecule has 10 heteroatoms. The number of methoxy groups -OCH3 is 1. The van der Waals surface area contributed by atoms with E-state index in [1.54, 1.807) is 0 Å². The number of hydrogen-bond donors (Lipinski definition) is 0. The fourth-order valence-corrected chi connectivity index (χ4v) is 2.91. The van der Waals surface area contributed by atoms with Crippen LogP contribution in [0.15, 0.2) is 47.4 Å². The second-order valence-corrected chi connectivity index (χ2v) is 6.62. The van der Waals surface area contributed by atoms with Crippen molar-refractivity contribution in [2.75, 3.05) is 7.11 Å². The topological polar surface area (TPSA) is 69.7 Å². The van der Waals surface area contributed by atoms with Gasteiger partial charge in [-0.2, -0.15) is 21.6 Å². The summed E-state index contributed by atoms with van der Waals surface area (Å²) >= 11 is 0. The van der Waals surface area contributed by atoms with Crippen LogP contribution in [0.4, 0.5) is 17.6 Å². The fourth-order valence-electron chi connectivity index (χ4n) is 1.95. The summed E-state index contributed by atoms with van der Waals surface area (Å²) in [6.45, 7) is 0. The first-order valence-electron chi connectivity index (χ1n) is 7.00. The molecule has 0 bridgehead atoms. The van der Waals surface area contributed by atoms with E-state index >= 15 is 0 Å². The highest BCUT2D eigenvalue weighted by Gasteiger charge is 2.35. The maximum Gasteiger partial charge on any atom is 0.419 e. The number of ether oxygens (including phenoxy) is 1. The number of hydrogen-bond acceptors (Lipinski definition) is 5. The molecule has 0 spiro atoms. The number of benzene rings is 2. The minimum Gasteiger partial charge on any atom is -0.469 e. The number of esters is 1. The van der Waals surface area contributed by atoms with E-state index in [2.05, 4.69) is 4.74 Å². The van der Waals surface area contributed by atoms with Crippen LogP contribution in [0, 0.1) is 5.82 Å². The van der Waals surface area contributed by atoms with Gasteiger partial charge in [0.15, 0.2) is 0 Å². The predicted molar refractivity (Wildman–Crippen MR) is 81.4 cm³/mol. The van der Waals surface area contributed by atoms with Crippen molar-refractivity contribution in [1.82, 2.24) is 0 Å². The SMILES string of the molecule is COC(=O)Cc1ccc(OS(=O)(=O)c2ccc(F)c(C(F)(F)F)c2)cc1. The molecular weight excluding hydrogens is 380 g/mol. The van der Waals surface area contributed by atoms with Gasteiger partial charge in [-0.15, -0.1) is 0 Å². The Balaban J connectivity index is 2.25. The molecule has 0 saturated carbocycles. The quantitative estimate of drug-likeness (QED) is 0.444. The molecule has 0 saturated heterocycles. The molecule has 0 radical (unpaired) electrons. The summed E-state index contributed by atoms with van der Waals surface area (Å²) in [5, 5.41) is 0. The van der Waals surface area contributed by atoms with Crippen LogP contribution < -0.4 is 4.18 Å². The van der Waals surface area contributed by atoms with Gasteiger partial charge >= 0.3 is 22.3 Å². The van der Waals surface area contributed by atoms with E-state index in [9.17, 15) is 30.8 Å². The standard InChI is InChI=1S/C16H12F4O5S/c1-24-15(21)8-10-2-4-11(5-3-10)25-26(22,23)12-6-7-14(17)13(9-12)16(18,19)20/h2-7,9H,8H2,1H3. The summed E-state index contributed by atoms with van der Waals surface area (Å²) in [5.74, 6) is -2.28. The number of rotatable bonds is 5. The summed E-state index contributed by atoms with van der Waals surface area (Å²) < 4.78 is 84.9. The van der Waals surface area contributed by atoms with Crippen molar-refractivity contribution in [2.45, 2.75) is 17.5 Å². The Hall–Kier alpha value is -2.62. The number of halogens is 4. The van der Waals surface area contributed by atoms with Gasteiger partial charge < -0.3 is 8.92 Å². The predicted octanol–water partition coefficient (Wildman–Crippen LogP) is 3.33. The zero-order chi connectivity index (χ0) is 19.5. The van der Waals surface area contributed by atoms with Crippen LogP contribution in [0.2, 0.25) is 0 Å². The molecule has 0 heterocycles. The first kappa shape index (κ1) is 19.7. The number of alkyl halides is 3. The monoisotopic (exact) mass is 392 g/mol. The van der Waals surface area contributed by atoms with Crippen LogP contribution in [-0.2, 0) is 32.2 Å². The second-order valence-electron chi connectivity index (χ2n) is 5.07. The average molecular weight is 392 g/mol. The lowest BCUT2D eigenvalue weighted by Gasteiger charge is -2.11. The van der Waals surface area contributed by atoms with Crippen LogP contribution in [0.3, 0.4) is 0 Å². The van der Waals surface area contributed by atoms with Crippen molar-refractivity contribution >= 4 is 16.1 Å². The normalized spacial score (nSPS) is 11.9. The molecule has 5 nitrogen and oxygen atoms in total. The van der Waals surface area contributed by atoms with Crippen LogP contribution in [0.1, 0.15) is 11.1 Å². The Labute approximate surface area is 146 Å². The lowest BCUT2D eigenvalue weighted by molar-refractivity contribution is -0.140. The minimum atomic E-state index is -5.05. The lowest BCUT2D eigenvalue weighted by Crippen LogP contribution is -2.14. The van der Waals surface area contributed by atoms with Crippen molar-refractivity contribution in [3.63, 3.8) is 0 Å². The highest BCUT2D eigenvalue weighted by molar-refractivity contribution is 7.87. The first-order valence-corrected chi connectivity index (χ1v) is 8.41. The van der Waals surface area contributed by atoms with E-state index in [1.165, 1.54) is 31.4 Å². The van der Waals surface area contributed by atoms with Gasteiger partial charge in [-0.25, -0.2) is 4.39 Å². The molecule has 0 unspecified atom stereocenters. The van der Waals surface area contributed by atoms with E-state index in [0.29, 0.717) is 17.7 Å². The minimum absolute atomic E-state index is 0.0452. The Morgan fingerprint density at radius 2 is 1.69 bits per heavy atom. The van der Waals surface area contributed by atoms with E-state index in [1.807, 2.05) is 0 Å². The summed E-state index contributed by atoms with van der Waals surface area (Å²) in [4.78, 5) is 10.3. The van der Waals surface area contributed by atoms with Gasteiger partial charge in [-0.3, -0.25) is 4.79 Å². The van der Waals surface area contributed by atoms with Gasteiger partial charge in [0.25, 0.3) is 0 Å². The van der Waals surface area contributed by atoms with Crippen molar-refractivity contribution in [3.8, 4) is 5.75 Å². The Morgan fingerprint density at radius 1 is 1.08 bits per heavy atom. The number of carbonyl (C=O) groups excluding carboxylic acids is 1. The van der Waals surface area contributed by atoms with Gasteiger partial charge in [0.2, 0.25) is 0 Å². The zero-order valence-corrected chi connectivity index (χ0v) is 14.0. The average Bonchev–Trinajstić information content (AvgIpc) is 2.55. The maximum atomic E-state index is 13.3.